The Bertz CT molecular complexity index is 274. The third-order valence-corrected chi connectivity index (χ3v) is 2.13. The molecule has 0 aliphatic carbocycles. The van der Waals surface area contributed by atoms with Crippen molar-refractivity contribution in [2.45, 2.75) is 26.4 Å². The van der Waals surface area contributed by atoms with Crippen LogP contribution in [0.5, 0.6) is 0 Å². The number of aliphatic hydroxyl groups excluding tert-OH is 1. The summed E-state index contributed by atoms with van der Waals surface area (Å²) in [5.41, 5.74) is 1.25. The molecule has 0 saturated carbocycles. The zero-order valence-electron chi connectivity index (χ0n) is 10.5. The van der Waals surface area contributed by atoms with Gasteiger partial charge in [-0.3, -0.25) is 0 Å². The summed E-state index contributed by atoms with van der Waals surface area (Å²) in [6.07, 6.45) is 14.4. The first-order valence-electron chi connectivity index (χ1n) is 5.66. The number of hydrogen-bond donors (Lipinski definition) is 2. The lowest BCUT2D eigenvalue weighted by molar-refractivity contribution is 0.177. The van der Waals surface area contributed by atoms with Gasteiger partial charge in [-0.05, 0) is 27.3 Å². The van der Waals surface area contributed by atoms with E-state index in [0.29, 0.717) is 13.0 Å². The van der Waals surface area contributed by atoms with E-state index in [2.05, 4.69) is 24.4 Å². The third kappa shape index (κ3) is 9.44. The predicted octanol–water partition coefficient (Wildman–Crippen LogP) is 2.59. The van der Waals surface area contributed by atoms with Crippen molar-refractivity contribution >= 4 is 0 Å². The van der Waals surface area contributed by atoms with Gasteiger partial charge in [-0.1, -0.05) is 48.1 Å². The van der Waals surface area contributed by atoms with Crippen LogP contribution in [0.25, 0.3) is 0 Å². The van der Waals surface area contributed by atoms with Crippen LogP contribution in [-0.2, 0) is 0 Å². The van der Waals surface area contributed by atoms with Gasteiger partial charge in [0.25, 0.3) is 0 Å². The topological polar surface area (TPSA) is 32.3 Å². The highest BCUT2D eigenvalue weighted by molar-refractivity contribution is 5.21. The van der Waals surface area contributed by atoms with Gasteiger partial charge in [-0.15, -0.1) is 0 Å². The minimum absolute atomic E-state index is 0.296. The molecular formula is C14H23NO. The van der Waals surface area contributed by atoms with E-state index in [4.69, 9.17) is 0 Å². The van der Waals surface area contributed by atoms with Gasteiger partial charge in [-0.25, -0.2) is 0 Å². The second-order valence-electron chi connectivity index (χ2n) is 3.65. The Hall–Kier alpha value is -1.12. The number of likely N-dealkylation sites (N-methyl/N-ethyl adjacent to an activating group) is 1. The zero-order valence-corrected chi connectivity index (χ0v) is 10.5. The maximum absolute atomic E-state index is 9.40. The molecule has 90 valence electrons. The quantitative estimate of drug-likeness (QED) is 0.648. The highest BCUT2D eigenvalue weighted by Crippen LogP contribution is 1.95. The molecule has 2 N–H and O–H groups in total. The Morgan fingerprint density at radius 1 is 1.25 bits per heavy atom. The molecule has 2 nitrogen and oxygen atoms in total. The molecule has 0 spiro atoms. The molecule has 1 unspecified atom stereocenters. The molecule has 0 aromatic carbocycles. The molecule has 0 bridgehead atoms. The average molecular weight is 221 g/mol. The summed E-state index contributed by atoms with van der Waals surface area (Å²) < 4.78 is 0. The molecule has 0 amide bonds. The number of nitrogens with one attached hydrogen (secondary N) is 1. The predicted molar refractivity (Wildman–Crippen MR) is 71.4 cm³/mol. The monoisotopic (exact) mass is 221 g/mol. The molecule has 0 saturated heterocycles. The van der Waals surface area contributed by atoms with Crippen LogP contribution >= 0.6 is 0 Å². The molecule has 0 aromatic heterocycles. The summed E-state index contributed by atoms with van der Waals surface area (Å²) in [6, 6.07) is 0. The van der Waals surface area contributed by atoms with Gasteiger partial charge >= 0.3 is 0 Å². The normalized spacial score (nSPS) is 15.6. The van der Waals surface area contributed by atoms with Crippen molar-refractivity contribution < 1.29 is 5.11 Å². The number of aliphatic hydroxyl groups is 1. The summed E-state index contributed by atoms with van der Waals surface area (Å²) in [5.74, 6) is 0. The van der Waals surface area contributed by atoms with Crippen LogP contribution in [0.15, 0.2) is 48.1 Å². The summed E-state index contributed by atoms with van der Waals surface area (Å²) in [7, 11) is 1.83. The highest BCUT2D eigenvalue weighted by Gasteiger charge is 1.96. The van der Waals surface area contributed by atoms with Gasteiger partial charge in [0.05, 0.1) is 6.10 Å². The summed E-state index contributed by atoms with van der Waals surface area (Å²) in [5, 5.41) is 12.3. The Balaban J connectivity index is 3.75. The van der Waals surface area contributed by atoms with Crippen LogP contribution in [0, 0.1) is 0 Å². The third-order valence-electron chi connectivity index (χ3n) is 2.13. The second-order valence-corrected chi connectivity index (χ2v) is 3.65. The van der Waals surface area contributed by atoms with Crippen molar-refractivity contribution in [1.82, 2.24) is 5.32 Å². The first-order chi connectivity index (χ1) is 7.70. The van der Waals surface area contributed by atoms with Gasteiger partial charge in [0.2, 0.25) is 0 Å². The minimum atomic E-state index is -0.296. The van der Waals surface area contributed by atoms with E-state index in [9.17, 15) is 5.11 Å². The molecule has 0 rings (SSSR count). The van der Waals surface area contributed by atoms with E-state index in [1.807, 2.05) is 44.4 Å². The van der Waals surface area contributed by atoms with Crippen LogP contribution in [0.3, 0.4) is 0 Å². The summed E-state index contributed by atoms with van der Waals surface area (Å²) in [6.45, 7) is 4.72. The number of rotatable bonds is 7. The molecule has 0 heterocycles. The molecule has 16 heavy (non-hydrogen) atoms. The first-order valence-corrected chi connectivity index (χ1v) is 5.66. The Morgan fingerprint density at radius 3 is 2.56 bits per heavy atom. The Kier molecular flexibility index (Phi) is 9.67. The molecule has 0 aliphatic rings. The fourth-order valence-electron chi connectivity index (χ4n) is 1.07. The largest absolute Gasteiger partial charge is 0.391 e. The number of allylic oxidation sites excluding steroid dienone is 7. The van der Waals surface area contributed by atoms with E-state index in [1.165, 1.54) is 5.57 Å². The smallest absolute Gasteiger partial charge is 0.0698 e. The van der Waals surface area contributed by atoms with E-state index in [0.717, 1.165) is 0 Å². The van der Waals surface area contributed by atoms with Crippen molar-refractivity contribution in [2.24, 2.45) is 0 Å². The lowest BCUT2D eigenvalue weighted by Gasteiger charge is -2.04. The van der Waals surface area contributed by atoms with Crippen LogP contribution in [0.2, 0.25) is 0 Å². The second kappa shape index (κ2) is 10.4. The van der Waals surface area contributed by atoms with E-state index >= 15 is 0 Å². The highest BCUT2D eigenvalue weighted by atomic mass is 16.3. The first kappa shape index (κ1) is 14.9. The van der Waals surface area contributed by atoms with E-state index in [-0.39, 0.29) is 6.10 Å². The van der Waals surface area contributed by atoms with Crippen molar-refractivity contribution in [3.05, 3.63) is 48.1 Å². The molecule has 0 aliphatic heterocycles. The standard InChI is InChI=1S/C14H23NO/c1-4-13(2)10-8-6-5-7-9-11-14(16)12-15-3/h4-10,14-16H,11-12H2,1-3H3/b6-5-,9-7+,10-8-,13-4+. The lowest BCUT2D eigenvalue weighted by Crippen LogP contribution is -2.22. The summed E-state index contributed by atoms with van der Waals surface area (Å²) >= 11 is 0. The summed E-state index contributed by atoms with van der Waals surface area (Å²) in [4.78, 5) is 0. The molecule has 0 aromatic rings. The van der Waals surface area contributed by atoms with Crippen LogP contribution in [-0.4, -0.2) is 24.8 Å². The average Bonchev–Trinajstić information content (AvgIpc) is 2.27. The van der Waals surface area contributed by atoms with Gasteiger partial charge in [-0.2, -0.15) is 0 Å². The van der Waals surface area contributed by atoms with Crippen LogP contribution < -0.4 is 5.32 Å². The van der Waals surface area contributed by atoms with Gasteiger partial charge < -0.3 is 10.4 Å². The number of hydrogen-bond acceptors (Lipinski definition) is 2. The molecular weight excluding hydrogens is 198 g/mol. The van der Waals surface area contributed by atoms with Crippen molar-refractivity contribution in [2.75, 3.05) is 13.6 Å². The Morgan fingerprint density at radius 2 is 1.94 bits per heavy atom. The van der Waals surface area contributed by atoms with Crippen LogP contribution in [0.4, 0.5) is 0 Å². The fraction of sp³-hybridized carbons (Fsp3) is 0.429. The molecule has 0 radical (unpaired) electrons. The molecule has 0 fully saturated rings. The Labute approximate surface area is 99.1 Å². The van der Waals surface area contributed by atoms with Gasteiger partial charge in [0.1, 0.15) is 0 Å². The maximum atomic E-state index is 9.40. The minimum Gasteiger partial charge on any atom is -0.391 e. The van der Waals surface area contributed by atoms with Gasteiger partial charge in [0, 0.05) is 6.54 Å². The van der Waals surface area contributed by atoms with Gasteiger partial charge in [0.15, 0.2) is 0 Å². The van der Waals surface area contributed by atoms with Crippen molar-refractivity contribution in [3.8, 4) is 0 Å². The fourth-order valence-corrected chi connectivity index (χ4v) is 1.07. The molecule has 1 atom stereocenters. The maximum Gasteiger partial charge on any atom is 0.0698 e. The molecule has 2 heteroatoms. The lowest BCUT2D eigenvalue weighted by atomic mass is 10.2. The zero-order chi connectivity index (χ0) is 12.2. The van der Waals surface area contributed by atoms with E-state index in [1.54, 1.807) is 0 Å². The SMILES string of the molecule is C/C=C(C)/C=C\C=C/C=C/CC(O)CNC. The van der Waals surface area contributed by atoms with Crippen molar-refractivity contribution in [3.63, 3.8) is 0 Å². The van der Waals surface area contributed by atoms with E-state index < -0.39 is 0 Å². The van der Waals surface area contributed by atoms with Crippen molar-refractivity contribution in [1.29, 1.82) is 0 Å². The van der Waals surface area contributed by atoms with Crippen LogP contribution in [0.1, 0.15) is 20.3 Å².